The number of carbonyl (C=O) groups is 2. The van der Waals surface area contributed by atoms with Gasteiger partial charge in [-0.25, -0.2) is 4.79 Å². The SMILES string of the molecule is COC(=O)CCCCCCCCCOC(=O)c1ccc2ccc3cccc4ccc1c2c34. The lowest BCUT2D eigenvalue weighted by Crippen LogP contribution is -2.07. The lowest BCUT2D eigenvalue weighted by molar-refractivity contribution is -0.140. The van der Waals surface area contributed by atoms with Crippen LogP contribution in [-0.4, -0.2) is 25.7 Å². The van der Waals surface area contributed by atoms with Crippen LogP contribution in [0.15, 0.2) is 54.6 Å². The maximum Gasteiger partial charge on any atom is 0.338 e. The molecule has 0 amide bonds. The van der Waals surface area contributed by atoms with Crippen LogP contribution in [0.4, 0.5) is 0 Å². The zero-order valence-corrected chi connectivity index (χ0v) is 18.7. The molecule has 0 N–H and O–H groups in total. The Balaban J connectivity index is 1.28. The van der Waals surface area contributed by atoms with Crippen LogP contribution in [0.25, 0.3) is 32.3 Å². The number of rotatable bonds is 11. The first-order valence-electron chi connectivity index (χ1n) is 11.6. The Kier molecular flexibility index (Phi) is 7.21. The van der Waals surface area contributed by atoms with E-state index in [1.54, 1.807) is 0 Å². The number of unbranched alkanes of at least 4 members (excludes halogenated alkanes) is 6. The number of hydrogen-bond donors (Lipinski definition) is 0. The molecule has 0 aliphatic rings. The fraction of sp³-hybridized carbons (Fsp3) is 0.357. The highest BCUT2D eigenvalue weighted by Gasteiger charge is 2.15. The zero-order valence-electron chi connectivity index (χ0n) is 18.7. The fourth-order valence-electron chi connectivity index (χ4n) is 4.51. The zero-order chi connectivity index (χ0) is 22.3. The quantitative estimate of drug-likeness (QED) is 0.146. The minimum Gasteiger partial charge on any atom is -0.469 e. The molecule has 166 valence electrons. The predicted octanol–water partition coefficient (Wildman–Crippen LogP) is 7.03. The van der Waals surface area contributed by atoms with Crippen LogP contribution in [0, 0.1) is 0 Å². The molecule has 4 aromatic rings. The molecule has 32 heavy (non-hydrogen) atoms. The molecule has 0 spiro atoms. The summed E-state index contributed by atoms with van der Waals surface area (Å²) in [7, 11) is 1.43. The molecule has 0 saturated carbocycles. The van der Waals surface area contributed by atoms with Crippen molar-refractivity contribution in [2.24, 2.45) is 0 Å². The second-order valence-electron chi connectivity index (χ2n) is 8.41. The predicted molar refractivity (Wildman–Crippen MR) is 129 cm³/mol. The van der Waals surface area contributed by atoms with Gasteiger partial charge in [-0.2, -0.15) is 0 Å². The van der Waals surface area contributed by atoms with E-state index in [1.165, 1.54) is 23.3 Å². The van der Waals surface area contributed by atoms with Crippen LogP contribution in [0.5, 0.6) is 0 Å². The Morgan fingerprint density at radius 2 is 1.28 bits per heavy atom. The second-order valence-corrected chi connectivity index (χ2v) is 8.41. The van der Waals surface area contributed by atoms with Crippen LogP contribution in [-0.2, 0) is 14.3 Å². The normalized spacial score (nSPS) is 11.4. The van der Waals surface area contributed by atoms with Crippen LogP contribution in [0.1, 0.15) is 61.7 Å². The molecule has 0 aliphatic heterocycles. The van der Waals surface area contributed by atoms with Gasteiger partial charge in [-0.1, -0.05) is 80.6 Å². The van der Waals surface area contributed by atoms with Crippen molar-refractivity contribution >= 4 is 44.3 Å². The van der Waals surface area contributed by atoms with Gasteiger partial charge in [-0.05, 0) is 51.2 Å². The third-order valence-corrected chi connectivity index (χ3v) is 6.23. The Labute approximate surface area is 188 Å². The molecule has 0 bridgehead atoms. The number of carbonyl (C=O) groups excluding carboxylic acids is 2. The Bertz CT molecular complexity index is 1190. The van der Waals surface area contributed by atoms with Gasteiger partial charge >= 0.3 is 11.9 Å². The summed E-state index contributed by atoms with van der Waals surface area (Å²) in [5, 5.41) is 6.84. The van der Waals surface area contributed by atoms with E-state index in [0.717, 1.165) is 61.1 Å². The summed E-state index contributed by atoms with van der Waals surface area (Å²) in [5.41, 5.74) is 0.640. The van der Waals surface area contributed by atoms with Gasteiger partial charge in [0.15, 0.2) is 0 Å². The summed E-state index contributed by atoms with van der Waals surface area (Å²) in [6.07, 6.45) is 7.76. The van der Waals surface area contributed by atoms with Crippen molar-refractivity contribution in [1.29, 1.82) is 0 Å². The van der Waals surface area contributed by atoms with Gasteiger partial charge in [0.2, 0.25) is 0 Å². The molecular formula is C28H30O4. The van der Waals surface area contributed by atoms with Gasteiger partial charge in [0, 0.05) is 6.42 Å². The molecule has 0 fully saturated rings. The van der Waals surface area contributed by atoms with Crippen LogP contribution in [0.2, 0.25) is 0 Å². The summed E-state index contributed by atoms with van der Waals surface area (Å²) < 4.78 is 10.3. The summed E-state index contributed by atoms with van der Waals surface area (Å²) in [6.45, 7) is 0.448. The first kappa shape index (κ1) is 22.1. The minimum absolute atomic E-state index is 0.128. The Morgan fingerprint density at radius 1 is 0.688 bits per heavy atom. The Hall–Kier alpha value is -3.14. The fourth-order valence-corrected chi connectivity index (χ4v) is 4.51. The Morgan fingerprint density at radius 3 is 2.00 bits per heavy atom. The average molecular weight is 431 g/mol. The molecule has 0 radical (unpaired) electrons. The molecule has 0 unspecified atom stereocenters. The lowest BCUT2D eigenvalue weighted by Gasteiger charge is -2.13. The van der Waals surface area contributed by atoms with Crippen molar-refractivity contribution in [2.75, 3.05) is 13.7 Å². The summed E-state index contributed by atoms with van der Waals surface area (Å²) >= 11 is 0. The highest BCUT2D eigenvalue weighted by atomic mass is 16.5. The van der Waals surface area contributed by atoms with Crippen molar-refractivity contribution in [3.8, 4) is 0 Å². The average Bonchev–Trinajstić information content (AvgIpc) is 2.83. The molecule has 0 aliphatic carbocycles. The maximum atomic E-state index is 12.8. The monoisotopic (exact) mass is 430 g/mol. The number of hydrogen-bond acceptors (Lipinski definition) is 4. The molecule has 0 atom stereocenters. The van der Waals surface area contributed by atoms with Crippen molar-refractivity contribution in [2.45, 2.75) is 51.4 Å². The van der Waals surface area contributed by atoms with Crippen molar-refractivity contribution < 1.29 is 19.1 Å². The third kappa shape index (κ3) is 4.85. The number of methoxy groups -OCH3 is 1. The van der Waals surface area contributed by atoms with Crippen LogP contribution < -0.4 is 0 Å². The van der Waals surface area contributed by atoms with Crippen LogP contribution in [0.3, 0.4) is 0 Å². The number of benzene rings is 4. The first-order chi connectivity index (χ1) is 15.7. The van der Waals surface area contributed by atoms with Crippen molar-refractivity contribution in [3.05, 3.63) is 60.2 Å². The highest BCUT2D eigenvalue weighted by Crippen LogP contribution is 2.36. The van der Waals surface area contributed by atoms with E-state index in [1.807, 2.05) is 18.2 Å². The van der Waals surface area contributed by atoms with Gasteiger partial charge < -0.3 is 9.47 Å². The molecular weight excluding hydrogens is 400 g/mol. The molecule has 4 rings (SSSR count). The third-order valence-electron chi connectivity index (χ3n) is 6.23. The van der Waals surface area contributed by atoms with Gasteiger partial charge in [-0.15, -0.1) is 0 Å². The van der Waals surface area contributed by atoms with E-state index >= 15 is 0 Å². The van der Waals surface area contributed by atoms with Gasteiger partial charge in [0.1, 0.15) is 0 Å². The first-order valence-corrected chi connectivity index (χ1v) is 11.6. The highest BCUT2D eigenvalue weighted by molar-refractivity contribution is 6.25. The van der Waals surface area contributed by atoms with E-state index in [0.29, 0.717) is 18.6 Å². The van der Waals surface area contributed by atoms with E-state index in [2.05, 4.69) is 41.1 Å². The largest absolute Gasteiger partial charge is 0.469 e. The summed E-state index contributed by atoms with van der Waals surface area (Å²) in [6, 6.07) is 18.6. The topological polar surface area (TPSA) is 52.6 Å². The summed E-state index contributed by atoms with van der Waals surface area (Å²) in [4.78, 5) is 23.9. The van der Waals surface area contributed by atoms with Crippen molar-refractivity contribution in [3.63, 3.8) is 0 Å². The van der Waals surface area contributed by atoms with Gasteiger partial charge in [0.25, 0.3) is 0 Å². The van der Waals surface area contributed by atoms with Crippen LogP contribution >= 0.6 is 0 Å². The van der Waals surface area contributed by atoms with E-state index in [-0.39, 0.29) is 11.9 Å². The van der Waals surface area contributed by atoms with E-state index in [9.17, 15) is 9.59 Å². The molecule has 4 heteroatoms. The van der Waals surface area contributed by atoms with Gasteiger partial charge in [0.05, 0.1) is 19.3 Å². The molecule has 4 aromatic carbocycles. The number of esters is 2. The maximum absolute atomic E-state index is 12.8. The second kappa shape index (κ2) is 10.4. The molecule has 0 saturated heterocycles. The molecule has 0 heterocycles. The minimum atomic E-state index is -0.245. The summed E-state index contributed by atoms with van der Waals surface area (Å²) in [5.74, 6) is -0.373. The standard InChI is InChI=1S/C28H30O4/c1-31-25(29)12-7-5-3-2-4-6-8-19-32-28(30)24-18-16-22-14-13-20-10-9-11-21-15-17-23(24)27(22)26(20)21/h9-11,13-18H,2-8,12,19H2,1H3. The van der Waals surface area contributed by atoms with Crippen molar-refractivity contribution in [1.82, 2.24) is 0 Å². The number of ether oxygens (including phenoxy) is 2. The lowest BCUT2D eigenvalue weighted by atomic mass is 9.92. The molecule has 4 nitrogen and oxygen atoms in total. The smallest absolute Gasteiger partial charge is 0.338 e. The van der Waals surface area contributed by atoms with Gasteiger partial charge in [-0.3, -0.25) is 4.79 Å². The molecule has 0 aromatic heterocycles. The van der Waals surface area contributed by atoms with E-state index in [4.69, 9.17) is 4.74 Å². The van der Waals surface area contributed by atoms with E-state index < -0.39 is 0 Å².